The molecule has 0 saturated carbocycles. The van der Waals surface area contributed by atoms with Gasteiger partial charge in [-0.05, 0) is 272 Å². The van der Waals surface area contributed by atoms with Crippen LogP contribution in [0.25, 0.3) is 153 Å². The summed E-state index contributed by atoms with van der Waals surface area (Å²) in [4.78, 5) is 9.70. The maximum absolute atomic E-state index is 2.47. The highest BCUT2D eigenvalue weighted by Gasteiger charge is 2.26. The summed E-state index contributed by atoms with van der Waals surface area (Å²) in [5, 5.41) is 7.36. The molecule has 0 amide bonds. The van der Waals surface area contributed by atoms with Crippen molar-refractivity contribution in [1.82, 2.24) is 0 Å². The van der Waals surface area contributed by atoms with E-state index in [1.165, 1.54) is 136 Å². The predicted molar refractivity (Wildman–Crippen MR) is 594 cm³/mol. The van der Waals surface area contributed by atoms with E-state index in [-0.39, 0.29) is 0 Å². The fourth-order valence-electron chi connectivity index (χ4n) is 19.6. The predicted octanol–water partition coefficient (Wildman–Crippen LogP) is 38.6. The van der Waals surface area contributed by atoms with Crippen LogP contribution in [0.3, 0.4) is 0 Å². The van der Waals surface area contributed by atoms with Crippen molar-refractivity contribution in [2.45, 2.75) is 0 Å². The molecule has 5 heteroatoms. The van der Waals surface area contributed by atoms with Gasteiger partial charge in [-0.2, -0.15) is 0 Å². The first-order chi connectivity index (χ1) is 68.9. The highest BCUT2D eigenvalue weighted by atomic mass is 32.1. The molecular weight excluding hydrogens is 1700 g/mol. The zero-order chi connectivity index (χ0) is 92.6. The summed E-state index contributed by atoms with van der Waals surface area (Å²) in [7, 11) is 0. The molecule has 0 aliphatic heterocycles. The van der Waals surface area contributed by atoms with E-state index >= 15 is 0 Å². The van der Waals surface area contributed by atoms with E-state index in [0.29, 0.717) is 0 Å². The first-order valence-corrected chi connectivity index (χ1v) is 48.3. The normalized spacial score (nSPS) is 11.2. The van der Waals surface area contributed by atoms with Crippen LogP contribution in [-0.4, -0.2) is 0 Å². The zero-order valence-electron chi connectivity index (χ0n) is 76.5. The Morgan fingerprint density at radius 1 is 0.122 bits per heavy atom. The average Bonchev–Trinajstić information content (AvgIpc) is 1.41. The second-order valence-electron chi connectivity index (χ2n) is 35.1. The largest absolute Gasteiger partial charge is 0.310 e. The van der Waals surface area contributed by atoms with Crippen molar-refractivity contribution in [2.75, 3.05) is 19.6 Å². The van der Waals surface area contributed by atoms with Gasteiger partial charge in [0.05, 0.1) is 10.4 Å². The smallest absolute Gasteiger partial charge is 0.0640 e. The van der Waals surface area contributed by atoms with Crippen LogP contribution in [0.4, 0.5) is 68.2 Å². The number of nitrogens with zero attached hydrogens (tertiary/aromatic N) is 4. The van der Waals surface area contributed by atoms with Crippen LogP contribution in [0.1, 0.15) is 0 Å². The van der Waals surface area contributed by atoms with Crippen molar-refractivity contribution >= 4 is 121 Å². The summed E-state index contributed by atoms with van der Waals surface area (Å²) in [6.45, 7) is 0. The summed E-state index contributed by atoms with van der Waals surface area (Å²) in [5.41, 5.74) is 36.3. The Balaban J connectivity index is 0.000000156. The number of rotatable bonds is 22. The molecule has 1 aromatic heterocycles. The number of fused-ring (bicyclic) bond motifs is 5. The van der Waals surface area contributed by atoms with Gasteiger partial charge in [0.25, 0.3) is 0 Å². The Morgan fingerprint density at radius 3 is 0.655 bits per heavy atom. The van der Waals surface area contributed by atoms with E-state index in [9.17, 15) is 0 Å². The maximum atomic E-state index is 2.47. The molecule has 0 unspecified atom stereocenters. The molecule has 0 radical (unpaired) electrons. The third-order valence-electron chi connectivity index (χ3n) is 26.5. The highest BCUT2D eigenvalue weighted by molar-refractivity contribution is 7.26. The van der Waals surface area contributed by atoms with Gasteiger partial charge in [-0.25, -0.2) is 0 Å². The number of hydrogen-bond donors (Lipinski definition) is 0. The van der Waals surface area contributed by atoms with Crippen LogP contribution in [0.2, 0.25) is 0 Å². The van der Waals surface area contributed by atoms with Crippen LogP contribution < -0.4 is 19.6 Å². The van der Waals surface area contributed by atoms with Crippen molar-refractivity contribution in [2.24, 2.45) is 0 Å². The van der Waals surface area contributed by atoms with E-state index in [2.05, 4.69) is 590 Å². The molecule has 24 rings (SSSR count). The molecule has 139 heavy (non-hydrogen) atoms. The number of hydrogen-bond acceptors (Lipinski definition) is 5. The Labute approximate surface area is 816 Å². The molecule has 0 fully saturated rings. The summed E-state index contributed by atoms with van der Waals surface area (Å²) in [5.74, 6) is 0. The van der Waals surface area contributed by atoms with Gasteiger partial charge in [0.15, 0.2) is 0 Å². The minimum absolute atomic E-state index is 1.04. The molecule has 0 aliphatic carbocycles. The van der Waals surface area contributed by atoms with E-state index < -0.39 is 0 Å². The van der Waals surface area contributed by atoms with Crippen molar-refractivity contribution in [3.05, 3.63) is 570 Å². The molecule has 0 N–H and O–H groups in total. The molecule has 0 saturated heterocycles. The highest BCUT2D eigenvalue weighted by Crippen LogP contribution is 2.52. The standard InChI is InChI=1S/C70H50N2.C64H44N2S/c1-5-17-51(18-6-1)55-31-39-63(40-32-55)71(64-41-33-56(34-42-64)52-19-7-2-8-20-52)67-48-62(70-30-16-26-59-25-13-14-29-69(59)70)49-68(50-67)72(65-43-35-57(36-44-65)53-21-9-3-10-22-53)66-45-37-58(38-46-66)61-28-15-27-60(47-61)54-23-11-4-12-24-54;1-4-16-45(17-5-1)48-30-36-53(37-31-48)65(54-38-32-49(33-39-54)46-18-6-2-7-19-46)56-42-52(59-26-14-23-51-22-10-11-24-58(51)59)43-57(44-56)66(55-40-34-50(35-41-55)47-20-8-3-9-21-47)62-28-15-27-61-60-25-12-13-29-63(60)67-64(61)62/h1-50H;1-44H. The van der Waals surface area contributed by atoms with E-state index in [0.717, 1.165) is 84.9 Å². The molecule has 0 aliphatic rings. The fourth-order valence-corrected chi connectivity index (χ4v) is 20.8. The fraction of sp³-hybridized carbons (Fsp3) is 0. The summed E-state index contributed by atoms with van der Waals surface area (Å²) >= 11 is 1.86. The number of anilines is 12. The molecule has 656 valence electrons. The molecule has 0 bridgehead atoms. The molecule has 4 nitrogen and oxygen atoms in total. The Bertz CT molecular complexity index is 8220. The third-order valence-corrected chi connectivity index (χ3v) is 27.7. The Morgan fingerprint density at radius 2 is 0.338 bits per heavy atom. The minimum Gasteiger partial charge on any atom is -0.310 e. The van der Waals surface area contributed by atoms with Crippen LogP contribution in [-0.2, 0) is 0 Å². The van der Waals surface area contributed by atoms with Crippen molar-refractivity contribution in [1.29, 1.82) is 0 Å². The van der Waals surface area contributed by atoms with E-state index in [1.807, 2.05) is 11.3 Å². The van der Waals surface area contributed by atoms with Crippen molar-refractivity contribution in [3.8, 4) is 111 Å². The monoisotopic (exact) mass is 1790 g/mol. The molecular formula is C134H94N4S. The van der Waals surface area contributed by atoms with Gasteiger partial charge in [-0.1, -0.05) is 431 Å². The first-order valence-electron chi connectivity index (χ1n) is 47.5. The summed E-state index contributed by atoms with van der Waals surface area (Å²) < 4.78 is 2.52. The third kappa shape index (κ3) is 18.0. The van der Waals surface area contributed by atoms with Crippen LogP contribution in [0.15, 0.2) is 570 Å². The van der Waals surface area contributed by atoms with Gasteiger partial charge in [0, 0.05) is 78.0 Å². The number of benzene rings is 23. The number of thiophene rings is 1. The average molecular weight is 1790 g/mol. The van der Waals surface area contributed by atoms with Crippen molar-refractivity contribution < 1.29 is 0 Å². The van der Waals surface area contributed by atoms with Gasteiger partial charge in [0.2, 0.25) is 0 Å². The second kappa shape index (κ2) is 38.9. The zero-order valence-corrected chi connectivity index (χ0v) is 77.3. The van der Waals surface area contributed by atoms with Gasteiger partial charge < -0.3 is 19.6 Å². The SMILES string of the molecule is c1ccc(-c2ccc(N(c3ccc(-c4ccccc4)cc3)c3cc(-c4cccc5ccccc45)cc(N(c4ccc(-c5ccccc5)cc4)c4ccc(-c5cccc(-c6ccccc6)c5)cc4)c3)cc2)cc1.c1ccc(-c2ccc(N(c3ccc(-c4ccccc4)cc3)c3cc(-c4cccc5ccccc45)cc(N(c4ccc(-c5ccccc5)cc4)c4cccc5c4sc4ccccc45)c3)cc2)cc1. The Kier molecular flexibility index (Phi) is 23.8. The maximum Gasteiger partial charge on any atom is 0.0640 e. The summed E-state index contributed by atoms with van der Waals surface area (Å²) in [6, 6.07) is 207. The van der Waals surface area contributed by atoms with Crippen LogP contribution in [0.5, 0.6) is 0 Å². The van der Waals surface area contributed by atoms with Gasteiger partial charge in [0.1, 0.15) is 0 Å². The topological polar surface area (TPSA) is 13.0 Å². The lowest BCUT2D eigenvalue weighted by Crippen LogP contribution is -2.14. The second-order valence-corrected chi connectivity index (χ2v) is 36.1. The van der Waals surface area contributed by atoms with Gasteiger partial charge in [-0.15, -0.1) is 11.3 Å². The summed E-state index contributed by atoms with van der Waals surface area (Å²) in [6.07, 6.45) is 0. The molecule has 1 heterocycles. The molecule has 23 aromatic carbocycles. The lowest BCUT2D eigenvalue weighted by atomic mass is 9.96. The molecule has 0 atom stereocenters. The van der Waals surface area contributed by atoms with Gasteiger partial charge >= 0.3 is 0 Å². The van der Waals surface area contributed by atoms with Crippen LogP contribution >= 0.6 is 11.3 Å². The first kappa shape index (κ1) is 85.2. The Hall–Kier alpha value is -18.0. The van der Waals surface area contributed by atoms with E-state index in [4.69, 9.17) is 0 Å². The van der Waals surface area contributed by atoms with E-state index in [1.54, 1.807) is 0 Å². The minimum atomic E-state index is 1.04. The van der Waals surface area contributed by atoms with Gasteiger partial charge in [-0.3, -0.25) is 0 Å². The lowest BCUT2D eigenvalue weighted by Gasteiger charge is -2.31. The molecule has 0 spiro atoms. The molecule has 24 aromatic rings. The van der Waals surface area contributed by atoms with Crippen molar-refractivity contribution in [3.63, 3.8) is 0 Å². The quantitative estimate of drug-likeness (QED) is 0.0670. The lowest BCUT2D eigenvalue weighted by molar-refractivity contribution is 1.25. The van der Waals surface area contributed by atoms with Crippen LogP contribution in [0, 0.1) is 0 Å².